The minimum absolute atomic E-state index is 0.0166. The largest absolute Gasteiger partial charge is 0.347 e. The summed E-state index contributed by atoms with van der Waals surface area (Å²) in [4.78, 5) is 24.3. The van der Waals surface area contributed by atoms with Crippen LogP contribution in [0.25, 0.3) is 0 Å². The van der Waals surface area contributed by atoms with Crippen LogP contribution in [0.15, 0.2) is 6.07 Å². The van der Waals surface area contributed by atoms with E-state index >= 15 is 0 Å². The molecule has 0 aliphatic rings. The lowest BCUT2D eigenvalue weighted by molar-refractivity contribution is -0.117. The topological polar surface area (TPSA) is 46.2 Å². The summed E-state index contributed by atoms with van der Waals surface area (Å²) in [6, 6.07) is 2.07. The highest BCUT2D eigenvalue weighted by atomic mass is 16.2. The molecule has 1 rings (SSSR count). The van der Waals surface area contributed by atoms with E-state index in [0.29, 0.717) is 5.56 Å². The third kappa shape index (κ3) is 3.22. The molecule has 0 spiro atoms. The second-order valence-electron chi connectivity index (χ2n) is 5.25. The molecule has 0 saturated carbocycles. The van der Waals surface area contributed by atoms with Gasteiger partial charge in [-0.05, 0) is 63.3 Å². The third-order valence-electron chi connectivity index (χ3n) is 3.79. The van der Waals surface area contributed by atoms with Crippen LogP contribution in [0.2, 0.25) is 0 Å². The van der Waals surface area contributed by atoms with Crippen LogP contribution in [0, 0.1) is 27.7 Å². The van der Waals surface area contributed by atoms with Crippen LogP contribution in [-0.4, -0.2) is 17.7 Å². The van der Waals surface area contributed by atoms with Crippen molar-refractivity contribution in [2.75, 3.05) is 0 Å². The zero-order valence-corrected chi connectivity index (χ0v) is 12.7. The summed E-state index contributed by atoms with van der Waals surface area (Å²) < 4.78 is 0. The molecule has 0 radical (unpaired) electrons. The van der Waals surface area contributed by atoms with Gasteiger partial charge in [-0.3, -0.25) is 9.59 Å². The molecule has 0 aliphatic carbocycles. The van der Waals surface area contributed by atoms with E-state index in [0.717, 1.165) is 28.7 Å². The number of amides is 1. The second-order valence-corrected chi connectivity index (χ2v) is 5.25. The number of ketones is 1. The minimum Gasteiger partial charge on any atom is -0.347 e. The van der Waals surface area contributed by atoms with E-state index in [2.05, 4.69) is 5.32 Å². The molecule has 0 fully saturated rings. The molecule has 1 N–H and O–H groups in total. The number of aryl methyl sites for hydroxylation is 2. The average molecular weight is 261 g/mol. The summed E-state index contributed by atoms with van der Waals surface area (Å²) in [5, 5.41) is 2.73. The molecule has 1 aromatic rings. The fourth-order valence-corrected chi connectivity index (χ4v) is 2.06. The van der Waals surface area contributed by atoms with E-state index < -0.39 is 11.7 Å². The molecule has 3 heteroatoms. The van der Waals surface area contributed by atoms with Crippen LogP contribution < -0.4 is 5.32 Å². The Morgan fingerprint density at radius 2 is 1.58 bits per heavy atom. The third-order valence-corrected chi connectivity index (χ3v) is 3.79. The lowest BCUT2D eigenvalue weighted by Gasteiger charge is -2.15. The van der Waals surface area contributed by atoms with Gasteiger partial charge in [-0.1, -0.05) is 13.0 Å². The summed E-state index contributed by atoms with van der Waals surface area (Å²) in [5.74, 6) is -0.937. The molecular weight excluding hydrogens is 238 g/mol. The quantitative estimate of drug-likeness (QED) is 0.669. The van der Waals surface area contributed by atoms with Crippen LogP contribution in [0.3, 0.4) is 0 Å². The standard InChI is InChI=1S/C16H23NO2/c1-7-11(4)17-16(19)15(18)14-12(5)9(2)8-10(3)13(14)6/h8,11H,7H2,1-6H3,(H,17,19). The Hall–Kier alpha value is -1.64. The zero-order valence-electron chi connectivity index (χ0n) is 12.7. The maximum atomic E-state index is 12.3. The van der Waals surface area contributed by atoms with E-state index in [1.807, 2.05) is 47.6 Å². The summed E-state index contributed by atoms with van der Waals surface area (Å²) in [6.45, 7) is 11.6. The Morgan fingerprint density at radius 3 is 2.00 bits per heavy atom. The molecule has 0 aliphatic heterocycles. The molecular formula is C16H23NO2. The van der Waals surface area contributed by atoms with Crippen molar-refractivity contribution in [2.45, 2.75) is 54.0 Å². The number of Topliss-reactive ketones (excluding diaryl/α,β-unsaturated/α-hetero) is 1. The fraction of sp³-hybridized carbons (Fsp3) is 0.500. The van der Waals surface area contributed by atoms with Crippen molar-refractivity contribution in [1.29, 1.82) is 0 Å². The maximum absolute atomic E-state index is 12.3. The SMILES string of the molecule is CCC(C)NC(=O)C(=O)c1c(C)c(C)cc(C)c1C. The van der Waals surface area contributed by atoms with Crippen molar-refractivity contribution in [1.82, 2.24) is 5.32 Å². The van der Waals surface area contributed by atoms with E-state index in [9.17, 15) is 9.59 Å². The number of hydrogen-bond donors (Lipinski definition) is 1. The summed E-state index contributed by atoms with van der Waals surface area (Å²) in [6.07, 6.45) is 0.809. The monoisotopic (exact) mass is 261 g/mol. The molecule has 1 aromatic carbocycles. The van der Waals surface area contributed by atoms with Crippen molar-refractivity contribution in [3.63, 3.8) is 0 Å². The Bertz CT molecular complexity index is 492. The van der Waals surface area contributed by atoms with Crippen molar-refractivity contribution < 1.29 is 9.59 Å². The van der Waals surface area contributed by atoms with Crippen molar-refractivity contribution in [3.05, 3.63) is 33.9 Å². The highest BCUT2D eigenvalue weighted by Gasteiger charge is 2.22. The van der Waals surface area contributed by atoms with Crippen LogP contribution in [0.5, 0.6) is 0 Å². The number of rotatable bonds is 4. The molecule has 1 atom stereocenters. The van der Waals surface area contributed by atoms with Crippen molar-refractivity contribution in [2.24, 2.45) is 0 Å². The fourth-order valence-electron chi connectivity index (χ4n) is 2.06. The number of hydrogen-bond acceptors (Lipinski definition) is 2. The summed E-state index contributed by atoms with van der Waals surface area (Å²) in [5.41, 5.74) is 4.43. The van der Waals surface area contributed by atoms with Crippen molar-refractivity contribution in [3.8, 4) is 0 Å². The van der Waals surface area contributed by atoms with Gasteiger partial charge in [-0.25, -0.2) is 0 Å². The Kier molecular flexibility index (Phi) is 4.87. The molecule has 1 amide bonds. The maximum Gasteiger partial charge on any atom is 0.292 e. The molecule has 3 nitrogen and oxygen atoms in total. The first-order valence-electron chi connectivity index (χ1n) is 6.72. The first-order valence-corrected chi connectivity index (χ1v) is 6.72. The Morgan fingerprint density at radius 1 is 1.11 bits per heavy atom. The van der Waals surface area contributed by atoms with Crippen LogP contribution in [0.4, 0.5) is 0 Å². The molecule has 0 heterocycles. The van der Waals surface area contributed by atoms with Gasteiger partial charge in [0.2, 0.25) is 0 Å². The average Bonchev–Trinajstić information content (AvgIpc) is 2.36. The zero-order chi connectivity index (χ0) is 14.7. The summed E-state index contributed by atoms with van der Waals surface area (Å²) >= 11 is 0. The van der Waals surface area contributed by atoms with Gasteiger partial charge in [-0.2, -0.15) is 0 Å². The van der Waals surface area contributed by atoms with Gasteiger partial charge in [-0.15, -0.1) is 0 Å². The molecule has 1 unspecified atom stereocenters. The number of carbonyl (C=O) groups is 2. The minimum atomic E-state index is -0.509. The number of nitrogens with one attached hydrogen (secondary N) is 1. The Labute approximate surface area is 115 Å². The molecule has 0 aromatic heterocycles. The highest BCUT2D eigenvalue weighted by molar-refractivity contribution is 6.43. The first-order chi connectivity index (χ1) is 8.79. The second kappa shape index (κ2) is 6.00. The molecule has 0 bridgehead atoms. The van der Waals surface area contributed by atoms with Gasteiger partial charge < -0.3 is 5.32 Å². The van der Waals surface area contributed by atoms with Crippen molar-refractivity contribution >= 4 is 11.7 Å². The van der Waals surface area contributed by atoms with E-state index in [-0.39, 0.29) is 6.04 Å². The normalized spacial score (nSPS) is 12.1. The predicted octanol–water partition coefficient (Wildman–Crippen LogP) is 3.02. The number of benzene rings is 1. The van der Waals surface area contributed by atoms with Crippen LogP contribution in [0.1, 0.15) is 52.9 Å². The van der Waals surface area contributed by atoms with E-state index in [1.54, 1.807) is 0 Å². The first kappa shape index (κ1) is 15.4. The van der Waals surface area contributed by atoms with Gasteiger partial charge in [0.05, 0.1) is 0 Å². The van der Waals surface area contributed by atoms with Gasteiger partial charge in [0, 0.05) is 11.6 Å². The molecule has 104 valence electrons. The lowest BCUT2D eigenvalue weighted by Crippen LogP contribution is -2.37. The van der Waals surface area contributed by atoms with Gasteiger partial charge in [0.1, 0.15) is 0 Å². The molecule has 0 saturated heterocycles. The lowest BCUT2D eigenvalue weighted by atomic mass is 9.91. The number of carbonyl (C=O) groups excluding carboxylic acids is 2. The van der Waals surface area contributed by atoms with Gasteiger partial charge in [0.15, 0.2) is 0 Å². The van der Waals surface area contributed by atoms with E-state index in [4.69, 9.17) is 0 Å². The smallest absolute Gasteiger partial charge is 0.292 e. The highest BCUT2D eigenvalue weighted by Crippen LogP contribution is 2.22. The summed E-state index contributed by atoms with van der Waals surface area (Å²) in [7, 11) is 0. The Balaban J connectivity index is 3.16. The van der Waals surface area contributed by atoms with Crippen LogP contribution >= 0.6 is 0 Å². The van der Waals surface area contributed by atoms with Gasteiger partial charge >= 0.3 is 0 Å². The molecule has 19 heavy (non-hydrogen) atoms. The van der Waals surface area contributed by atoms with E-state index in [1.165, 1.54) is 0 Å². The van der Waals surface area contributed by atoms with Crippen LogP contribution in [-0.2, 0) is 4.79 Å². The predicted molar refractivity (Wildman–Crippen MR) is 77.6 cm³/mol. The van der Waals surface area contributed by atoms with Gasteiger partial charge in [0.25, 0.3) is 11.7 Å².